The van der Waals surface area contributed by atoms with Crippen molar-refractivity contribution in [2.24, 2.45) is 0 Å². The molecule has 0 radical (unpaired) electrons. The van der Waals surface area contributed by atoms with E-state index in [2.05, 4.69) is 15.4 Å². The van der Waals surface area contributed by atoms with Crippen molar-refractivity contribution in [3.63, 3.8) is 0 Å². The molecule has 1 amide bonds. The van der Waals surface area contributed by atoms with Gasteiger partial charge in [-0.1, -0.05) is 35.7 Å². The molecule has 2 aromatic heterocycles. The monoisotopic (exact) mass is 486 g/mol. The number of carbonyl (C=O) groups excluding carboxylic acids is 1. The number of amides is 1. The van der Waals surface area contributed by atoms with Gasteiger partial charge in [0.15, 0.2) is 5.65 Å². The molecule has 0 bridgehead atoms. The van der Waals surface area contributed by atoms with Gasteiger partial charge in [-0.25, -0.2) is 14.6 Å². The lowest BCUT2D eigenvalue weighted by Crippen LogP contribution is -2.50. The Balaban J connectivity index is 1.32. The van der Waals surface area contributed by atoms with Gasteiger partial charge >= 0.3 is 0 Å². The van der Waals surface area contributed by atoms with Gasteiger partial charge in [-0.2, -0.15) is 5.10 Å². The van der Waals surface area contributed by atoms with E-state index >= 15 is 0 Å². The van der Waals surface area contributed by atoms with Crippen LogP contribution in [0, 0.1) is 0 Å². The Kier molecular flexibility index (Phi) is 6.54. The smallest absolute Gasteiger partial charge is 0.239 e. The molecule has 2 atom stereocenters. The Hall–Kier alpha value is -2.22. The Morgan fingerprint density at radius 1 is 1.15 bits per heavy atom. The highest BCUT2D eigenvalue weighted by Gasteiger charge is 2.30. The second-order valence-electron chi connectivity index (χ2n) is 9.04. The first kappa shape index (κ1) is 22.6. The van der Waals surface area contributed by atoms with E-state index in [4.69, 9.17) is 28.2 Å². The van der Waals surface area contributed by atoms with Crippen molar-refractivity contribution < 1.29 is 4.79 Å². The minimum absolute atomic E-state index is 0.0121. The third-order valence-corrected chi connectivity index (χ3v) is 7.50. The molecule has 2 fully saturated rings. The lowest BCUT2D eigenvalue weighted by atomic mass is 9.93. The van der Waals surface area contributed by atoms with Gasteiger partial charge in [-0.05, 0) is 56.8 Å². The Labute approximate surface area is 203 Å². The van der Waals surface area contributed by atoms with Crippen LogP contribution in [0.2, 0.25) is 10.0 Å². The Bertz CT molecular complexity index is 1150. The van der Waals surface area contributed by atoms with Gasteiger partial charge in [-0.3, -0.25) is 4.79 Å². The summed E-state index contributed by atoms with van der Waals surface area (Å²) in [6, 6.07) is 5.38. The fourth-order valence-electron chi connectivity index (χ4n) is 4.96. The zero-order valence-electron chi connectivity index (χ0n) is 18.7. The van der Waals surface area contributed by atoms with E-state index in [1.54, 1.807) is 12.3 Å². The topological polar surface area (TPSA) is 75.9 Å². The molecule has 0 spiro atoms. The van der Waals surface area contributed by atoms with Crippen LogP contribution in [0.4, 0.5) is 0 Å². The molecule has 2 saturated heterocycles. The summed E-state index contributed by atoms with van der Waals surface area (Å²) in [5.41, 5.74) is 3.39. The largest absolute Gasteiger partial charge is 0.341 e. The first-order valence-corrected chi connectivity index (χ1v) is 12.4. The molecule has 2 aliphatic heterocycles. The summed E-state index contributed by atoms with van der Waals surface area (Å²) in [6.07, 6.45) is 8.62. The SMILES string of the molecule is CC(c1ccc(Cl)cc1Cl)n1ncc2ncc(C3CCN(C(=O)[C@H]4CCCCN4)CC3)nc21. The van der Waals surface area contributed by atoms with Crippen molar-refractivity contribution in [2.75, 3.05) is 19.6 Å². The van der Waals surface area contributed by atoms with Crippen molar-refractivity contribution in [2.45, 2.75) is 57.0 Å². The normalized spacial score (nSPS) is 20.8. The van der Waals surface area contributed by atoms with Gasteiger partial charge in [0.1, 0.15) is 5.52 Å². The lowest BCUT2D eigenvalue weighted by Gasteiger charge is -2.35. The minimum Gasteiger partial charge on any atom is -0.341 e. The predicted molar refractivity (Wildman–Crippen MR) is 130 cm³/mol. The number of carbonyl (C=O) groups is 1. The fraction of sp³-hybridized carbons (Fsp3) is 0.500. The number of aromatic nitrogens is 4. The molecule has 33 heavy (non-hydrogen) atoms. The van der Waals surface area contributed by atoms with Crippen molar-refractivity contribution in [1.29, 1.82) is 0 Å². The van der Waals surface area contributed by atoms with Crippen LogP contribution in [0.1, 0.15) is 62.2 Å². The van der Waals surface area contributed by atoms with Crippen molar-refractivity contribution in [1.82, 2.24) is 30.0 Å². The van der Waals surface area contributed by atoms with Gasteiger partial charge in [0.25, 0.3) is 0 Å². The number of benzene rings is 1. The van der Waals surface area contributed by atoms with E-state index in [1.807, 2.05) is 34.8 Å². The molecule has 1 N–H and O–H groups in total. The molecule has 0 saturated carbocycles. The summed E-state index contributed by atoms with van der Waals surface area (Å²) in [6.45, 7) is 4.50. The van der Waals surface area contributed by atoms with Crippen LogP contribution in [-0.2, 0) is 4.79 Å². The second kappa shape index (κ2) is 9.57. The Morgan fingerprint density at radius 3 is 2.70 bits per heavy atom. The number of hydrogen-bond donors (Lipinski definition) is 1. The zero-order chi connectivity index (χ0) is 22.9. The highest BCUT2D eigenvalue weighted by atomic mass is 35.5. The van der Waals surface area contributed by atoms with E-state index in [0.29, 0.717) is 10.0 Å². The minimum atomic E-state index is -0.112. The van der Waals surface area contributed by atoms with Crippen LogP contribution < -0.4 is 5.32 Å². The average molecular weight is 487 g/mol. The zero-order valence-corrected chi connectivity index (χ0v) is 20.2. The van der Waals surface area contributed by atoms with Crippen LogP contribution in [0.5, 0.6) is 0 Å². The number of rotatable bonds is 4. The van der Waals surface area contributed by atoms with E-state index < -0.39 is 0 Å². The van der Waals surface area contributed by atoms with E-state index in [9.17, 15) is 4.79 Å². The van der Waals surface area contributed by atoms with Crippen LogP contribution in [0.15, 0.2) is 30.6 Å². The lowest BCUT2D eigenvalue weighted by molar-refractivity contribution is -0.135. The molecule has 7 nitrogen and oxygen atoms in total. The molecule has 1 unspecified atom stereocenters. The summed E-state index contributed by atoms with van der Waals surface area (Å²) >= 11 is 12.5. The standard InChI is InChI=1S/C24H28Cl2N6O/c1-15(18-6-5-17(25)12-19(18)26)32-23-22(14-29-32)28-13-21(30-23)16-7-10-31(11-8-16)24(33)20-4-2-3-9-27-20/h5-6,12-16,20,27H,2-4,7-11H2,1H3/t15?,20-/m1/s1. The summed E-state index contributed by atoms with van der Waals surface area (Å²) in [4.78, 5) is 24.5. The number of halogens is 2. The third-order valence-electron chi connectivity index (χ3n) is 6.93. The number of nitrogens with one attached hydrogen (secondary N) is 1. The number of likely N-dealkylation sites (tertiary alicyclic amines) is 1. The predicted octanol–water partition coefficient (Wildman–Crippen LogP) is 4.59. The quantitative estimate of drug-likeness (QED) is 0.583. The van der Waals surface area contributed by atoms with Crippen molar-refractivity contribution in [3.05, 3.63) is 51.9 Å². The molecule has 1 aromatic carbocycles. The molecule has 174 valence electrons. The van der Waals surface area contributed by atoms with E-state index in [-0.39, 0.29) is 23.9 Å². The number of fused-ring (bicyclic) bond motifs is 1. The van der Waals surface area contributed by atoms with Crippen LogP contribution in [0.25, 0.3) is 11.2 Å². The maximum absolute atomic E-state index is 12.8. The number of hydrogen-bond acceptors (Lipinski definition) is 5. The maximum atomic E-state index is 12.8. The molecular weight excluding hydrogens is 459 g/mol. The van der Waals surface area contributed by atoms with Gasteiger partial charge < -0.3 is 10.2 Å². The molecule has 9 heteroatoms. The summed E-state index contributed by atoms with van der Waals surface area (Å²) in [7, 11) is 0. The van der Waals surface area contributed by atoms with Crippen LogP contribution in [-0.4, -0.2) is 56.2 Å². The number of piperidine rings is 2. The van der Waals surface area contributed by atoms with Gasteiger partial charge in [-0.15, -0.1) is 0 Å². The second-order valence-corrected chi connectivity index (χ2v) is 9.88. The first-order valence-electron chi connectivity index (χ1n) is 11.7. The molecule has 5 rings (SSSR count). The average Bonchev–Trinajstić information content (AvgIpc) is 3.27. The summed E-state index contributed by atoms with van der Waals surface area (Å²) in [5.74, 6) is 0.532. The highest BCUT2D eigenvalue weighted by molar-refractivity contribution is 6.35. The van der Waals surface area contributed by atoms with E-state index in [1.165, 1.54) is 0 Å². The summed E-state index contributed by atoms with van der Waals surface area (Å²) < 4.78 is 1.87. The number of nitrogens with zero attached hydrogens (tertiary/aromatic N) is 5. The van der Waals surface area contributed by atoms with Gasteiger partial charge in [0, 0.05) is 35.2 Å². The van der Waals surface area contributed by atoms with Crippen molar-refractivity contribution >= 4 is 40.3 Å². The van der Waals surface area contributed by atoms with Crippen LogP contribution in [0.3, 0.4) is 0 Å². The third kappa shape index (κ3) is 4.59. The molecule has 4 heterocycles. The van der Waals surface area contributed by atoms with Gasteiger partial charge in [0.05, 0.1) is 24.0 Å². The van der Waals surface area contributed by atoms with Crippen molar-refractivity contribution in [3.8, 4) is 0 Å². The van der Waals surface area contributed by atoms with Gasteiger partial charge in [0.2, 0.25) is 5.91 Å². The molecule has 3 aromatic rings. The molecular formula is C24H28Cl2N6O. The van der Waals surface area contributed by atoms with Crippen LogP contribution >= 0.6 is 23.2 Å². The maximum Gasteiger partial charge on any atom is 0.239 e. The summed E-state index contributed by atoms with van der Waals surface area (Å²) in [5, 5.41) is 9.13. The molecule has 0 aliphatic carbocycles. The Morgan fingerprint density at radius 2 is 1.97 bits per heavy atom. The fourth-order valence-corrected chi connectivity index (χ4v) is 5.53. The van der Waals surface area contributed by atoms with E-state index in [0.717, 1.165) is 74.2 Å². The first-order chi connectivity index (χ1) is 16.0. The highest BCUT2D eigenvalue weighted by Crippen LogP contribution is 2.31. The molecule has 2 aliphatic rings.